The van der Waals surface area contributed by atoms with Crippen molar-refractivity contribution in [3.63, 3.8) is 0 Å². The zero-order chi connectivity index (χ0) is 12.1. The van der Waals surface area contributed by atoms with Gasteiger partial charge in [0.05, 0.1) is 0 Å². The molecule has 0 spiro atoms. The number of aromatic nitrogens is 1. The lowest BCUT2D eigenvalue weighted by molar-refractivity contribution is 0.0943. The maximum atomic E-state index is 11.8. The number of amides is 1. The summed E-state index contributed by atoms with van der Waals surface area (Å²) in [5.74, 6) is 0.501. The number of pyridine rings is 1. The molecule has 0 radical (unpaired) electrons. The SMILES string of the molecule is O=C(NCC1CCCC(Cl)C1)c1ccncc1. The summed E-state index contributed by atoms with van der Waals surface area (Å²) in [6, 6.07) is 3.45. The number of halogens is 1. The highest BCUT2D eigenvalue weighted by Crippen LogP contribution is 2.27. The van der Waals surface area contributed by atoms with E-state index in [1.54, 1.807) is 24.5 Å². The highest BCUT2D eigenvalue weighted by atomic mass is 35.5. The molecule has 1 amide bonds. The lowest BCUT2D eigenvalue weighted by Crippen LogP contribution is -2.32. The first-order valence-electron chi connectivity index (χ1n) is 6.08. The summed E-state index contributed by atoms with van der Waals surface area (Å²) in [5.41, 5.74) is 0.665. The van der Waals surface area contributed by atoms with Crippen LogP contribution in [0.3, 0.4) is 0 Å². The van der Waals surface area contributed by atoms with Gasteiger partial charge in [-0.25, -0.2) is 0 Å². The molecule has 2 atom stereocenters. The predicted molar refractivity (Wildman–Crippen MR) is 68.2 cm³/mol. The molecule has 3 nitrogen and oxygen atoms in total. The molecule has 1 aromatic heterocycles. The van der Waals surface area contributed by atoms with Gasteiger partial charge in [0.2, 0.25) is 0 Å². The summed E-state index contributed by atoms with van der Waals surface area (Å²) in [5, 5.41) is 3.25. The fourth-order valence-corrected chi connectivity index (χ4v) is 2.66. The van der Waals surface area contributed by atoms with Crippen molar-refractivity contribution in [2.75, 3.05) is 6.54 Å². The first-order chi connectivity index (χ1) is 8.25. The summed E-state index contributed by atoms with van der Waals surface area (Å²) in [7, 11) is 0. The standard InChI is InChI=1S/C13H17ClN2O/c14-12-3-1-2-10(8-12)9-16-13(17)11-4-6-15-7-5-11/h4-7,10,12H,1-3,8-9H2,(H,16,17). The fourth-order valence-electron chi connectivity index (χ4n) is 2.25. The Morgan fingerprint density at radius 2 is 2.18 bits per heavy atom. The summed E-state index contributed by atoms with van der Waals surface area (Å²) >= 11 is 6.12. The van der Waals surface area contributed by atoms with Crippen LogP contribution < -0.4 is 5.32 Å². The van der Waals surface area contributed by atoms with Crippen LogP contribution in [0.1, 0.15) is 36.0 Å². The molecule has 0 aliphatic heterocycles. The fraction of sp³-hybridized carbons (Fsp3) is 0.538. The first-order valence-corrected chi connectivity index (χ1v) is 6.51. The molecule has 4 heteroatoms. The molecule has 1 aliphatic rings. The highest BCUT2D eigenvalue weighted by molar-refractivity contribution is 6.20. The highest BCUT2D eigenvalue weighted by Gasteiger charge is 2.20. The molecule has 2 unspecified atom stereocenters. The van der Waals surface area contributed by atoms with Gasteiger partial charge in [-0.3, -0.25) is 9.78 Å². The van der Waals surface area contributed by atoms with Crippen molar-refractivity contribution >= 4 is 17.5 Å². The summed E-state index contributed by atoms with van der Waals surface area (Å²) in [4.78, 5) is 15.7. The predicted octanol–water partition coefficient (Wildman–Crippen LogP) is 2.61. The maximum Gasteiger partial charge on any atom is 0.251 e. The van der Waals surface area contributed by atoms with E-state index in [4.69, 9.17) is 11.6 Å². The smallest absolute Gasteiger partial charge is 0.251 e. The minimum atomic E-state index is -0.0240. The van der Waals surface area contributed by atoms with Crippen LogP contribution in [-0.2, 0) is 0 Å². The van der Waals surface area contributed by atoms with Crippen molar-refractivity contribution in [1.29, 1.82) is 0 Å². The van der Waals surface area contributed by atoms with Crippen LogP contribution >= 0.6 is 11.6 Å². The molecule has 17 heavy (non-hydrogen) atoms. The molecular weight excluding hydrogens is 236 g/mol. The lowest BCUT2D eigenvalue weighted by atomic mass is 9.89. The minimum Gasteiger partial charge on any atom is -0.352 e. The van der Waals surface area contributed by atoms with Crippen molar-refractivity contribution in [3.8, 4) is 0 Å². The van der Waals surface area contributed by atoms with Crippen LogP contribution in [-0.4, -0.2) is 22.8 Å². The van der Waals surface area contributed by atoms with Crippen LogP contribution in [0.4, 0.5) is 0 Å². The van der Waals surface area contributed by atoms with Gasteiger partial charge in [-0.2, -0.15) is 0 Å². The van der Waals surface area contributed by atoms with Gasteiger partial charge in [0, 0.05) is 29.9 Å². The van der Waals surface area contributed by atoms with Gasteiger partial charge < -0.3 is 5.32 Å². The molecule has 1 fully saturated rings. The van der Waals surface area contributed by atoms with E-state index < -0.39 is 0 Å². The number of hydrogen-bond donors (Lipinski definition) is 1. The van der Waals surface area contributed by atoms with Crippen LogP contribution in [0.25, 0.3) is 0 Å². The number of hydrogen-bond acceptors (Lipinski definition) is 2. The van der Waals surface area contributed by atoms with Crippen molar-refractivity contribution < 1.29 is 4.79 Å². The molecule has 2 rings (SSSR count). The van der Waals surface area contributed by atoms with E-state index in [2.05, 4.69) is 10.3 Å². The zero-order valence-corrected chi connectivity index (χ0v) is 10.5. The van der Waals surface area contributed by atoms with Gasteiger partial charge in [0.25, 0.3) is 5.91 Å². The summed E-state index contributed by atoms with van der Waals surface area (Å²) in [6.45, 7) is 0.727. The van der Waals surface area contributed by atoms with Gasteiger partial charge in [-0.15, -0.1) is 11.6 Å². The maximum absolute atomic E-state index is 11.8. The van der Waals surface area contributed by atoms with Crippen molar-refractivity contribution in [2.45, 2.75) is 31.1 Å². The second-order valence-corrected chi connectivity index (χ2v) is 5.19. The third-order valence-electron chi connectivity index (χ3n) is 3.21. The number of nitrogens with one attached hydrogen (secondary N) is 1. The summed E-state index contributed by atoms with van der Waals surface area (Å²) < 4.78 is 0. The molecule has 1 saturated carbocycles. The van der Waals surface area contributed by atoms with Crippen LogP contribution in [0.2, 0.25) is 0 Å². The molecule has 1 heterocycles. The number of carbonyl (C=O) groups excluding carboxylic acids is 1. The third-order valence-corrected chi connectivity index (χ3v) is 3.61. The van der Waals surface area contributed by atoms with E-state index in [1.807, 2.05) is 0 Å². The van der Waals surface area contributed by atoms with Gasteiger partial charge >= 0.3 is 0 Å². The average Bonchev–Trinajstić information content (AvgIpc) is 2.37. The Hall–Kier alpha value is -1.09. The Bertz CT molecular complexity index is 369. The largest absolute Gasteiger partial charge is 0.352 e. The normalized spacial score (nSPS) is 24.3. The van der Waals surface area contributed by atoms with Crippen LogP contribution in [0.15, 0.2) is 24.5 Å². The van der Waals surface area contributed by atoms with Gasteiger partial charge in [0.1, 0.15) is 0 Å². The third kappa shape index (κ3) is 3.70. The monoisotopic (exact) mass is 252 g/mol. The Balaban J connectivity index is 1.80. The molecule has 1 aliphatic carbocycles. The van der Waals surface area contributed by atoms with Crippen LogP contribution in [0, 0.1) is 5.92 Å². The molecule has 92 valence electrons. The number of carbonyl (C=O) groups is 1. The first kappa shape index (κ1) is 12.4. The topological polar surface area (TPSA) is 42.0 Å². The van der Waals surface area contributed by atoms with Gasteiger partial charge in [0.15, 0.2) is 0 Å². The van der Waals surface area contributed by atoms with E-state index >= 15 is 0 Å². The van der Waals surface area contributed by atoms with E-state index in [0.29, 0.717) is 11.5 Å². The minimum absolute atomic E-state index is 0.0240. The number of alkyl halides is 1. The molecular formula is C13H17ClN2O. The number of rotatable bonds is 3. The Labute approximate surface area is 107 Å². The van der Waals surface area contributed by atoms with Crippen LogP contribution in [0.5, 0.6) is 0 Å². The molecule has 1 aromatic rings. The van der Waals surface area contributed by atoms with E-state index in [-0.39, 0.29) is 11.3 Å². The van der Waals surface area contributed by atoms with E-state index in [1.165, 1.54) is 12.8 Å². The quantitative estimate of drug-likeness (QED) is 0.841. The van der Waals surface area contributed by atoms with E-state index in [9.17, 15) is 4.79 Å². The van der Waals surface area contributed by atoms with Gasteiger partial charge in [-0.05, 0) is 37.3 Å². The van der Waals surface area contributed by atoms with E-state index in [0.717, 1.165) is 19.4 Å². The van der Waals surface area contributed by atoms with Crippen molar-refractivity contribution in [2.24, 2.45) is 5.92 Å². The Kier molecular flexibility index (Phi) is 4.37. The molecule has 0 aromatic carbocycles. The summed E-state index contributed by atoms with van der Waals surface area (Å²) in [6.07, 6.45) is 7.72. The second kappa shape index (κ2) is 6.01. The molecule has 1 N–H and O–H groups in total. The van der Waals surface area contributed by atoms with Crippen molar-refractivity contribution in [3.05, 3.63) is 30.1 Å². The number of nitrogens with zero attached hydrogens (tertiary/aromatic N) is 1. The zero-order valence-electron chi connectivity index (χ0n) is 9.73. The average molecular weight is 253 g/mol. The molecule has 0 bridgehead atoms. The Morgan fingerprint density at radius 3 is 2.88 bits per heavy atom. The molecule has 0 saturated heterocycles. The Morgan fingerprint density at radius 1 is 1.41 bits per heavy atom. The second-order valence-electron chi connectivity index (χ2n) is 4.58. The van der Waals surface area contributed by atoms with Gasteiger partial charge in [-0.1, -0.05) is 6.42 Å². The lowest BCUT2D eigenvalue weighted by Gasteiger charge is -2.25. The van der Waals surface area contributed by atoms with Crippen molar-refractivity contribution in [1.82, 2.24) is 10.3 Å².